The van der Waals surface area contributed by atoms with E-state index in [1.54, 1.807) is 6.20 Å². The molecular weight excluding hydrogens is 310 g/mol. The monoisotopic (exact) mass is 323 g/mol. The molecule has 0 saturated heterocycles. The van der Waals surface area contributed by atoms with Crippen LogP contribution >= 0.6 is 11.6 Å². The van der Waals surface area contributed by atoms with Gasteiger partial charge in [0.25, 0.3) is 5.56 Å². The first-order valence-electron chi connectivity index (χ1n) is 7.31. The first-order chi connectivity index (χ1) is 11.0. The molecule has 4 rings (SSSR count). The molecule has 0 aliphatic rings. The number of aromatic amines is 2. The van der Waals surface area contributed by atoms with Gasteiger partial charge in [-0.25, -0.2) is 0 Å². The normalized spacial score (nSPS) is 11.4. The maximum Gasteiger partial charge on any atom is 0.252 e. The van der Waals surface area contributed by atoms with Gasteiger partial charge in [-0.3, -0.25) is 9.78 Å². The van der Waals surface area contributed by atoms with Crippen molar-refractivity contribution in [3.05, 3.63) is 63.2 Å². The quantitative estimate of drug-likeness (QED) is 0.547. The van der Waals surface area contributed by atoms with E-state index in [1.165, 1.54) is 0 Å². The van der Waals surface area contributed by atoms with Crippen molar-refractivity contribution >= 4 is 33.5 Å². The first kappa shape index (κ1) is 14.0. The van der Waals surface area contributed by atoms with E-state index in [2.05, 4.69) is 15.0 Å². The smallest absolute Gasteiger partial charge is 0.252 e. The van der Waals surface area contributed by atoms with E-state index in [9.17, 15) is 4.79 Å². The minimum atomic E-state index is -0.0946. The van der Waals surface area contributed by atoms with E-state index in [0.29, 0.717) is 10.6 Å². The molecule has 0 bridgehead atoms. The lowest BCUT2D eigenvalue weighted by atomic mass is 10.0. The zero-order chi connectivity index (χ0) is 16.1. The summed E-state index contributed by atoms with van der Waals surface area (Å²) in [4.78, 5) is 23.0. The maximum absolute atomic E-state index is 12.4. The summed E-state index contributed by atoms with van der Waals surface area (Å²) < 4.78 is 0. The van der Waals surface area contributed by atoms with Crippen LogP contribution in [-0.4, -0.2) is 15.0 Å². The number of nitrogens with one attached hydrogen (secondary N) is 2. The molecule has 23 heavy (non-hydrogen) atoms. The average Bonchev–Trinajstić information content (AvgIpc) is 2.86. The highest BCUT2D eigenvalue weighted by molar-refractivity contribution is 6.31. The lowest BCUT2D eigenvalue weighted by molar-refractivity contribution is 1.19. The number of aryl methyl sites for hydroxylation is 1. The molecule has 114 valence electrons. The number of aromatic nitrogens is 3. The van der Waals surface area contributed by atoms with E-state index < -0.39 is 0 Å². The molecule has 2 N–H and O–H groups in total. The highest BCUT2D eigenvalue weighted by atomic mass is 35.5. The van der Waals surface area contributed by atoms with Gasteiger partial charge in [-0.05, 0) is 49.7 Å². The average molecular weight is 324 g/mol. The molecule has 0 amide bonds. The van der Waals surface area contributed by atoms with Crippen molar-refractivity contribution in [1.82, 2.24) is 15.0 Å². The second kappa shape index (κ2) is 4.96. The Morgan fingerprint density at radius 3 is 2.65 bits per heavy atom. The van der Waals surface area contributed by atoms with Gasteiger partial charge in [0.2, 0.25) is 0 Å². The van der Waals surface area contributed by atoms with E-state index in [1.807, 2.05) is 44.2 Å². The summed E-state index contributed by atoms with van der Waals surface area (Å²) in [6.45, 7) is 3.77. The molecule has 0 atom stereocenters. The minimum absolute atomic E-state index is 0.0946. The molecule has 0 aliphatic heterocycles. The van der Waals surface area contributed by atoms with Crippen molar-refractivity contribution in [3.8, 4) is 11.1 Å². The van der Waals surface area contributed by atoms with Crippen LogP contribution in [0.15, 0.2) is 41.3 Å². The Hall–Kier alpha value is -2.59. The summed E-state index contributed by atoms with van der Waals surface area (Å²) in [7, 11) is 0. The molecule has 0 spiro atoms. The van der Waals surface area contributed by atoms with E-state index in [4.69, 9.17) is 11.6 Å². The second-order valence-corrected chi connectivity index (χ2v) is 6.14. The van der Waals surface area contributed by atoms with Crippen LogP contribution in [0.2, 0.25) is 5.02 Å². The Kier molecular flexibility index (Phi) is 3.03. The number of H-pyrrole nitrogens is 2. The summed E-state index contributed by atoms with van der Waals surface area (Å²) >= 11 is 6.11. The number of hydrogen-bond acceptors (Lipinski definition) is 2. The van der Waals surface area contributed by atoms with Gasteiger partial charge in [-0.2, -0.15) is 0 Å². The Morgan fingerprint density at radius 2 is 1.87 bits per heavy atom. The van der Waals surface area contributed by atoms with Gasteiger partial charge in [-0.1, -0.05) is 11.6 Å². The third kappa shape index (κ3) is 2.14. The first-order valence-corrected chi connectivity index (χ1v) is 7.69. The van der Waals surface area contributed by atoms with Gasteiger partial charge >= 0.3 is 0 Å². The van der Waals surface area contributed by atoms with Crippen molar-refractivity contribution in [2.75, 3.05) is 0 Å². The Bertz CT molecular complexity index is 1120. The van der Waals surface area contributed by atoms with Crippen molar-refractivity contribution in [3.63, 3.8) is 0 Å². The molecular formula is C18H14ClN3O. The van der Waals surface area contributed by atoms with Gasteiger partial charge in [0.15, 0.2) is 0 Å². The van der Waals surface area contributed by atoms with Crippen molar-refractivity contribution in [1.29, 1.82) is 0 Å². The number of rotatable bonds is 1. The summed E-state index contributed by atoms with van der Waals surface area (Å²) in [5.74, 6) is 0. The van der Waals surface area contributed by atoms with E-state index in [-0.39, 0.29) is 5.56 Å². The predicted octanol–water partition coefficient (Wildman–Crippen LogP) is 4.34. The molecule has 0 radical (unpaired) electrons. The zero-order valence-electron chi connectivity index (χ0n) is 12.7. The van der Waals surface area contributed by atoms with Crippen LogP contribution in [-0.2, 0) is 0 Å². The van der Waals surface area contributed by atoms with Crippen molar-refractivity contribution in [2.24, 2.45) is 0 Å². The molecule has 4 aromatic rings. The topological polar surface area (TPSA) is 61.5 Å². The fraction of sp³-hybridized carbons (Fsp3) is 0.111. The third-order valence-electron chi connectivity index (χ3n) is 4.15. The van der Waals surface area contributed by atoms with Gasteiger partial charge in [0.1, 0.15) is 0 Å². The predicted molar refractivity (Wildman–Crippen MR) is 94.1 cm³/mol. The van der Waals surface area contributed by atoms with Gasteiger partial charge < -0.3 is 9.97 Å². The van der Waals surface area contributed by atoms with Crippen LogP contribution in [0.3, 0.4) is 0 Å². The van der Waals surface area contributed by atoms with Crippen molar-refractivity contribution < 1.29 is 0 Å². The fourth-order valence-corrected chi connectivity index (χ4v) is 3.22. The SMILES string of the molecule is Cc1cc(-c2c(C)c(=O)[nH]c3c2[nH]c2ccc(Cl)cc23)ccn1. The largest absolute Gasteiger partial charge is 0.353 e. The van der Waals surface area contributed by atoms with Crippen LogP contribution in [0, 0.1) is 13.8 Å². The highest BCUT2D eigenvalue weighted by Crippen LogP contribution is 2.33. The number of benzene rings is 1. The van der Waals surface area contributed by atoms with Crippen LogP contribution in [0.25, 0.3) is 33.1 Å². The van der Waals surface area contributed by atoms with Crippen molar-refractivity contribution in [2.45, 2.75) is 13.8 Å². The molecule has 1 aromatic carbocycles. The van der Waals surface area contributed by atoms with Crippen LogP contribution in [0.4, 0.5) is 0 Å². The number of hydrogen-bond donors (Lipinski definition) is 2. The van der Waals surface area contributed by atoms with Crippen LogP contribution < -0.4 is 5.56 Å². The standard InChI is InChI=1S/C18H14ClN3O/c1-9-7-11(5-6-20-9)15-10(2)18(23)22-16-13-8-12(19)3-4-14(13)21-17(15)16/h3-8,21H,1-2H3,(H,22,23). The molecule has 0 fully saturated rings. The molecule has 0 unspecified atom stereocenters. The third-order valence-corrected chi connectivity index (χ3v) is 4.39. The van der Waals surface area contributed by atoms with E-state index in [0.717, 1.165) is 38.8 Å². The summed E-state index contributed by atoms with van der Waals surface area (Å²) in [5.41, 5.74) is 6.01. The molecule has 5 heteroatoms. The lowest BCUT2D eigenvalue weighted by Gasteiger charge is -2.08. The fourth-order valence-electron chi connectivity index (χ4n) is 3.05. The number of nitrogens with zero attached hydrogens (tertiary/aromatic N) is 1. The second-order valence-electron chi connectivity index (χ2n) is 5.70. The van der Waals surface area contributed by atoms with Gasteiger partial charge in [0.05, 0.1) is 11.0 Å². The molecule has 3 aromatic heterocycles. The maximum atomic E-state index is 12.4. The van der Waals surface area contributed by atoms with Crippen LogP contribution in [0.1, 0.15) is 11.3 Å². The molecule has 3 heterocycles. The number of fused-ring (bicyclic) bond motifs is 3. The summed E-state index contributed by atoms with van der Waals surface area (Å²) in [6, 6.07) is 9.53. The van der Waals surface area contributed by atoms with Crippen LogP contribution in [0.5, 0.6) is 0 Å². The Morgan fingerprint density at radius 1 is 1.04 bits per heavy atom. The summed E-state index contributed by atoms with van der Waals surface area (Å²) in [5, 5.41) is 1.55. The van der Waals surface area contributed by atoms with E-state index >= 15 is 0 Å². The summed E-state index contributed by atoms with van der Waals surface area (Å²) in [6.07, 6.45) is 1.76. The molecule has 0 aliphatic carbocycles. The Balaban J connectivity index is 2.20. The zero-order valence-corrected chi connectivity index (χ0v) is 13.5. The lowest BCUT2D eigenvalue weighted by Crippen LogP contribution is -2.11. The highest BCUT2D eigenvalue weighted by Gasteiger charge is 2.15. The Labute approximate surface area is 137 Å². The minimum Gasteiger partial charge on any atom is -0.353 e. The van der Waals surface area contributed by atoms with Gasteiger partial charge in [0, 0.05) is 38.9 Å². The van der Waals surface area contributed by atoms with Gasteiger partial charge in [-0.15, -0.1) is 0 Å². The number of halogens is 1. The molecule has 0 saturated carbocycles. The number of pyridine rings is 2. The molecule has 4 nitrogen and oxygen atoms in total.